The van der Waals surface area contributed by atoms with E-state index in [1.54, 1.807) is 0 Å². The van der Waals surface area contributed by atoms with E-state index in [9.17, 15) is 0 Å². The molecule has 1 heterocycles. The molecule has 0 radical (unpaired) electrons. The number of aryl methyl sites for hydroxylation is 1. The van der Waals surface area contributed by atoms with Crippen LogP contribution in [0.5, 0.6) is 0 Å². The van der Waals surface area contributed by atoms with Gasteiger partial charge in [-0.05, 0) is 13.8 Å². The fourth-order valence-corrected chi connectivity index (χ4v) is 1.57. The van der Waals surface area contributed by atoms with Crippen molar-refractivity contribution in [2.24, 2.45) is 0 Å². The quantitative estimate of drug-likeness (QED) is 0.613. The lowest BCUT2D eigenvalue weighted by Crippen LogP contribution is -2.15. The lowest BCUT2D eigenvalue weighted by atomic mass is 10.2. The first kappa shape index (κ1) is 8.70. The van der Waals surface area contributed by atoms with Crippen LogP contribution < -0.4 is 10.7 Å². The maximum atomic E-state index is 5.46. The summed E-state index contributed by atoms with van der Waals surface area (Å²) < 4.78 is 0.469. The largest absolute Gasteiger partial charge is 0.387 e. The topological polar surface area (TPSA) is 53.0 Å². The van der Waals surface area contributed by atoms with Gasteiger partial charge in [-0.1, -0.05) is 27.6 Å². The number of hydrogen-bond acceptors (Lipinski definition) is 2. The second kappa shape index (κ2) is 3.34. The molecule has 3 N–H and O–H groups in total. The van der Waals surface area contributed by atoms with Crippen molar-refractivity contribution >= 4 is 28.5 Å². The van der Waals surface area contributed by atoms with Gasteiger partial charge in [-0.3, -0.25) is 5.73 Å². The first-order valence-electron chi connectivity index (χ1n) is 3.40. The van der Waals surface area contributed by atoms with Crippen LogP contribution in [0.2, 0.25) is 0 Å². The molecule has 4 heteroatoms. The lowest BCUT2D eigenvalue weighted by molar-refractivity contribution is -0.365. The number of nitrogens with zero attached hydrogens (tertiary/aromatic N) is 1. The molecule has 0 spiro atoms. The second-order valence-electron chi connectivity index (χ2n) is 2.44. The molecule has 0 aromatic carbocycles. The van der Waals surface area contributed by atoms with E-state index in [-0.39, 0.29) is 0 Å². The van der Waals surface area contributed by atoms with Gasteiger partial charge in [0.1, 0.15) is 5.69 Å². The standard InChI is InChI=1S/C7H10IN3/c1-4(8)6-3-10-7(9)11-5(6)2/h3-4H,1-2H3,(H2,9,10,11)/p+1. The minimum Gasteiger partial charge on any atom is -0.287 e. The zero-order valence-electron chi connectivity index (χ0n) is 6.56. The van der Waals surface area contributed by atoms with Gasteiger partial charge in [0.05, 0.1) is 6.20 Å². The van der Waals surface area contributed by atoms with Gasteiger partial charge in [0.2, 0.25) is 0 Å². The van der Waals surface area contributed by atoms with Crippen LogP contribution in [0.15, 0.2) is 6.20 Å². The van der Waals surface area contributed by atoms with Crippen molar-refractivity contribution in [2.75, 3.05) is 5.73 Å². The predicted molar refractivity (Wildman–Crippen MR) is 52.4 cm³/mol. The summed E-state index contributed by atoms with van der Waals surface area (Å²) in [6.07, 6.45) is 1.91. The van der Waals surface area contributed by atoms with Crippen LogP contribution in [0.4, 0.5) is 5.95 Å². The third kappa shape index (κ3) is 2.02. The summed E-state index contributed by atoms with van der Waals surface area (Å²) in [5.41, 5.74) is 7.67. The number of rotatable bonds is 1. The Kier molecular flexibility index (Phi) is 2.64. The summed E-state index contributed by atoms with van der Waals surface area (Å²) >= 11 is 2.34. The van der Waals surface area contributed by atoms with Crippen LogP contribution in [-0.2, 0) is 0 Å². The van der Waals surface area contributed by atoms with Crippen molar-refractivity contribution in [1.82, 2.24) is 4.98 Å². The highest BCUT2D eigenvalue weighted by Gasteiger charge is 2.10. The van der Waals surface area contributed by atoms with Gasteiger partial charge in [-0.15, -0.1) is 0 Å². The Morgan fingerprint density at radius 1 is 1.73 bits per heavy atom. The van der Waals surface area contributed by atoms with Crippen LogP contribution >= 0.6 is 22.6 Å². The molecular weight excluding hydrogens is 253 g/mol. The smallest absolute Gasteiger partial charge is 0.287 e. The summed E-state index contributed by atoms with van der Waals surface area (Å²) in [7, 11) is 0. The molecule has 0 aliphatic rings. The number of nitrogen functional groups attached to an aromatic ring is 1. The van der Waals surface area contributed by atoms with Crippen molar-refractivity contribution in [1.29, 1.82) is 0 Å². The van der Waals surface area contributed by atoms with Gasteiger partial charge >= 0.3 is 5.95 Å². The molecule has 0 aliphatic carbocycles. The fourth-order valence-electron chi connectivity index (χ4n) is 0.936. The normalized spacial score (nSPS) is 13.0. The highest BCUT2D eigenvalue weighted by molar-refractivity contribution is 14.1. The third-order valence-corrected chi connectivity index (χ3v) is 2.18. The van der Waals surface area contributed by atoms with E-state index >= 15 is 0 Å². The molecule has 1 rings (SSSR count). The Morgan fingerprint density at radius 2 is 2.36 bits per heavy atom. The van der Waals surface area contributed by atoms with Crippen LogP contribution in [0.1, 0.15) is 22.1 Å². The Labute approximate surface area is 79.6 Å². The van der Waals surface area contributed by atoms with Crippen molar-refractivity contribution in [2.45, 2.75) is 17.8 Å². The first-order chi connectivity index (χ1) is 5.11. The van der Waals surface area contributed by atoms with Crippen LogP contribution in [-0.4, -0.2) is 4.98 Å². The van der Waals surface area contributed by atoms with Crippen molar-refractivity contribution in [3.05, 3.63) is 17.5 Å². The number of nitrogens with two attached hydrogens (primary N) is 1. The van der Waals surface area contributed by atoms with E-state index in [2.05, 4.69) is 39.5 Å². The average molecular weight is 264 g/mol. The zero-order valence-corrected chi connectivity index (χ0v) is 8.71. The number of aromatic amines is 1. The van der Waals surface area contributed by atoms with Crippen LogP contribution in [0.3, 0.4) is 0 Å². The van der Waals surface area contributed by atoms with Gasteiger partial charge in [0.25, 0.3) is 0 Å². The van der Waals surface area contributed by atoms with Crippen molar-refractivity contribution in [3.8, 4) is 0 Å². The molecule has 0 fully saturated rings. The summed E-state index contributed by atoms with van der Waals surface area (Å²) in [6, 6.07) is 0. The Balaban J connectivity index is 3.09. The number of nitrogens with one attached hydrogen (secondary N) is 1. The molecule has 0 aliphatic heterocycles. The summed E-state index contributed by atoms with van der Waals surface area (Å²) in [5, 5.41) is 0. The predicted octanol–water partition coefficient (Wildman–Crippen LogP) is 1.28. The molecule has 0 saturated heterocycles. The molecule has 3 nitrogen and oxygen atoms in total. The lowest BCUT2D eigenvalue weighted by Gasteiger charge is -2.01. The van der Waals surface area contributed by atoms with Gasteiger partial charge < -0.3 is 0 Å². The monoisotopic (exact) mass is 264 g/mol. The minimum absolute atomic E-state index is 0.469. The van der Waals surface area contributed by atoms with E-state index < -0.39 is 0 Å². The highest BCUT2D eigenvalue weighted by Crippen LogP contribution is 2.22. The molecule has 1 aromatic heterocycles. The number of anilines is 1. The summed E-state index contributed by atoms with van der Waals surface area (Å²) in [5.74, 6) is 0.475. The van der Waals surface area contributed by atoms with E-state index in [0.717, 1.165) is 5.69 Å². The highest BCUT2D eigenvalue weighted by atomic mass is 127. The third-order valence-electron chi connectivity index (χ3n) is 1.51. The molecule has 0 saturated carbocycles. The molecule has 1 atom stereocenters. The summed E-state index contributed by atoms with van der Waals surface area (Å²) in [6.45, 7) is 4.09. The molecule has 11 heavy (non-hydrogen) atoms. The van der Waals surface area contributed by atoms with Gasteiger partial charge in [-0.25, -0.2) is 4.98 Å². The van der Waals surface area contributed by atoms with Crippen LogP contribution in [0, 0.1) is 6.92 Å². The number of aromatic nitrogens is 2. The first-order valence-corrected chi connectivity index (χ1v) is 4.64. The molecular formula is C7H11IN3+. The molecule has 1 unspecified atom stereocenters. The molecule has 0 amide bonds. The summed E-state index contributed by atoms with van der Waals surface area (Å²) in [4.78, 5) is 7.00. The van der Waals surface area contributed by atoms with Crippen LogP contribution in [0.25, 0.3) is 0 Å². The Hall–Kier alpha value is -0.390. The van der Waals surface area contributed by atoms with Gasteiger partial charge in [0, 0.05) is 9.49 Å². The maximum Gasteiger partial charge on any atom is 0.387 e. The molecule has 60 valence electrons. The zero-order chi connectivity index (χ0) is 8.43. The Morgan fingerprint density at radius 3 is 2.82 bits per heavy atom. The van der Waals surface area contributed by atoms with E-state index in [4.69, 9.17) is 5.73 Å². The SMILES string of the molecule is Cc1nc(N)[nH+]cc1C(C)I. The van der Waals surface area contributed by atoms with Crippen molar-refractivity contribution < 1.29 is 4.98 Å². The van der Waals surface area contributed by atoms with E-state index in [0.29, 0.717) is 9.87 Å². The molecule has 0 bridgehead atoms. The van der Waals surface area contributed by atoms with E-state index in [1.165, 1.54) is 5.56 Å². The number of H-pyrrole nitrogens is 1. The fraction of sp³-hybridized carbons (Fsp3) is 0.429. The number of halogens is 1. The van der Waals surface area contributed by atoms with Crippen molar-refractivity contribution in [3.63, 3.8) is 0 Å². The molecule has 1 aromatic rings. The minimum atomic E-state index is 0.469. The van der Waals surface area contributed by atoms with E-state index in [1.807, 2.05) is 13.1 Å². The van der Waals surface area contributed by atoms with Gasteiger partial charge in [-0.2, -0.15) is 0 Å². The Bertz CT molecular complexity index is 260. The number of alkyl halides is 1. The average Bonchev–Trinajstić information content (AvgIpc) is 1.85. The second-order valence-corrected chi connectivity index (χ2v) is 4.31. The maximum absolute atomic E-state index is 5.46. The van der Waals surface area contributed by atoms with Gasteiger partial charge in [0.15, 0.2) is 0 Å². The number of hydrogen-bond donors (Lipinski definition) is 1.